The summed E-state index contributed by atoms with van der Waals surface area (Å²) >= 11 is 0. The topological polar surface area (TPSA) is 21.3 Å². The number of rotatable bonds is 5. The van der Waals surface area contributed by atoms with Crippen LogP contribution in [0.2, 0.25) is 0 Å². The van der Waals surface area contributed by atoms with Crippen molar-refractivity contribution in [1.82, 2.24) is 5.32 Å². The van der Waals surface area contributed by atoms with E-state index in [0.29, 0.717) is 18.0 Å². The van der Waals surface area contributed by atoms with Crippen LogP contribution in [0.25, 0.3) is 0 Å². The molecule has 0 amide bonds. The number of nitrogens with one attached hydrogen (secondary N) is 1. The number of halogens is 2. The van der Waals surface area contributed by atoms with Crippen LogP contribution in [0.4, 0.5) is 8.78 Å². The Balaban J connectivity index is 2.53. The summed E-state index contributed by atoms with van der Waals surface area (Å²) in [5, 5.41) is 2.91. The molecule has 0 saturated heterocycles. The first-order valence-electron chi connectivity index (χ1n) is 6.01. The normalized spacial score (nSPS) is 12.9. The SMILES string of the molecule is [B]C(CNC(=C)OC(C)(C)C)c1ccc(F)c(F)c1. The fourth-order valence-corrected chi connectivity index (χ4v) is 1.49. The van der Waals surface area contributed by atoms with Crippen LogP contribution in [-0.2, 0) is 4.74 Å². The zero-order chi connectivity index (χ0) is 14.6. The minimum Gasteiger partial charge on any atom is -0.474 e. The van der Waals surface area contributed by atoms with Crippen LogP contribution in [0.5, 0.6) is 0 Å². The molecular formula is C14H18BF2NO. The number of hydrogen-bond acceptors (Lipinski definition) is 2. The summed E-state index contributed by atoms with van der Waals surface area (Å²) in [6.07, 6.45) is 0. The van der Waals surface area contributed by atoms with Gasteiger partial charge in [0.15, 0.2) is 17.5 Å². The predicted octanol–water partition coefficient (Wildman–Crippen LogP) is 3.05. The van der Waals surface area contributed by atoms with E-state index < -0.39 is 17.5 Å². The van der Waals surface area contributed by atoms with Gasteiger partial charge in [-0.15, -0.1) is 0 Å². The van der Waals surface area contributed by atoms with E-state index in [9.17, 15) is 8.78 Å². The summed E-state index contributed by atoms with van der Waals surface area (Å²) in [5.74, 6) is -1.87. The van der Waals surface area contributed by atoms with E-state index in [-0.39, 0.29) is 5.60 Å². The Morgan fingerprint density at radius 3 is 2.53 bits per heavy atom. The molecule has 1 N–H and O–H groups in total. The zero-order valence-electron chi connectivity index (χ0n) is 11.5. The highest BCUT2D eigenvalue weighted by atomic mass is 19.2. The highest BCUT2D eigenvalue weighted by molar-refractivity contribution is 6.12. The van der Waals surface area contributed by atoms with E-state index in [1.54, 1.807) is 0 Å². The molecule has 0 aliphatic heterocycles. The largest absolute Gasteiger partial charge is 0.474 e. The van der Waals surface area contributed by atoms with Gasteiger partial charge in [-0.25, -0.2) is 8.78 Å². The molecule has 1 aromatic carbocycles. The van der Waals surface area contributed by atoms with Crippen LogP contribution in [-0.4, -0.2) is 20.0 Å². The Hall–Kier alpha value is -1.52. The molecule has 2 radical (unpaired) electrons. The summed E-state index contributed by atoms with van der Waals surface area (Å²) in [4.78, 5) is 0. The molecule has 5 heteroatoms. The van der Waals surface area contributed by atoms with E-state index >= 15 is 0 Å². The first-order valence-corrected chi connectivity index (χ1v) is 6.01. The zero-order valence-corrected chi connectivity index (χ0v) is 11.5. The molecule has 0 aromatic heterocycles. The van der Waals surface area contributed by atoms with Crippen molar-refractivity contribution in [1.29, 1.82) is 0 Å². The van der Waals surface area contributed by atoms with Gasteiger partial charge in [-0.1, -0.05) is 6.07 Å². The van der Waals surface area contributed by atoms with Gasteiger partial charge in [0, 0.05) is 6.54 Å². The number of hydrogen-bond donors (Lipinski definition) is 1. The molecule has 1 aromatic rings. The lowest BCUT2D eigenvalue weighted by Crippen LogP contribution is -2.28. The van der Waals surface area contributed by atoms with Gasteiger partial charge in [0.1, 0.15) is 5.60 Å². The average Bonchev–Trinajstić information content (AvgIpc) is 2.27. The van der Waals surface area contributed by atoms with Gasteiger partial charge >= 0.3 is 0 Å². The molecule has 19 heavy (non-hydrogen) atoms. The first-order chi connectivity index (χ1) is 8.69. The van der Waals surface area contributed by atoms with Gasteiger partial charge in [-0.3, -0.25) is 0 Å². The third-order valence-corrected chi connectivity index (χ3v) is 2.32. The second kappa shape index (κ2) is 6.09. The molecule has 0 bridgehead atoms. The summed E-state index contributed by atoms with van der Waals surface area (Å²) in [6, 6.07) is 3.61. The second-order valence-electron chi connectivity index (χ2n) is 5.30. The first kappa shape index (κ1) is 15.5. The molecule has 1 rings (SSSR count). The molecular weight excluding hydrogens is 247 g/mol. The highest BCUT2D eigenvalue weighted by Gasteiger charge is 2.13. The summed E-state index contributed by atoms with van der Waals surface area (Å²) < 4.78 is 31.3. The van der Waals surface area contributed by atoms with E-state index in [4.69, 9.17) is 12.6 Å². The molecule has 102 valence electrons. The van der Waals surface area contributed by atoms with Crippen molar-refractivity contribution >= 4 is 7.85 Å². The van der Waals surface area contributed by atoms with Crippen LogP contribution in [0.3, 0.4) is 0 Å². The van der Waals surface area contributed by atoms with Crippen LogP contribution in [0.15, 0.2) is 30.7 Å². The van der Waals surface area contributed by atoms with Gasteiger partial charge in [-0.05, 0) is 50.9 Å². The minimum atomic E-state index is -0.905. The van der Waals surface area contributed by atoms with Crippen LogP contribution >= 0.6 is 0 Å². The third-order valence-electron chi connectivity index (χ3n) is 2.32. The maximum absolute atomic E-state index is 13.1. The molecule has 0 aliphatic rings. The van der Waals surface area contributed by atoms with Gasteiger partial charge in [0.2, 0.25) is 0 Å². The second-order valence-corrected chi connectivity index (χ2v) is 5.30. The lowest BCUT2D eigenvalue weighted by atomic mass is 9.81. The molecule has 0 spiro atoms. The van der Waals surface area contributed by atoms with Crippen molar-refractivity contribution < 1.29 is 13.5 Å². The highest BCUT2D eigenvalue weighted by Crippen LogP contribution is 2.16. The van der Waals surface area contributed by atoms with Gasteiger partial charge in [0.25, 0.3) is 0 Å². The Morgan fingerprint density at radius 2 is 2.00 bits per heavy atom. The maximum atomic E-state index is 13.1. The Morgan fingerprint density at radius 1 is 1.37 bits per heavy atom. The standard InChI is InChI=1S/C14H18BF2NO/c1-9(19-14(2,3)4)18-8-11(15)10-5-6-12(16)13(17)7-10/h5-7,11,18H,1,8H2,2-4H3. The van der Waals surface area contributed by atoms with Crippen molar-refractivity contribution in [2.75, 3.05) is 6.54 Å². The lowest BCUT2D eigenvalue weighted by molar-refractivity contribution is 0.0416. The summed E-state index contributed by atoms with van der Waals surface area (Å²) in [5.41, 5.74) is 0.158. The summed E-state index contributed by atoms with van der Waals surface area (Å²) in [6.45, 7) is 9.73. The lowest BCUT2D eigenvalue weighted by Gasteiger charge is -2.24. The fraction of sp³-hybridized carbons (Fsp3) is 0.429. The molecule has 0 aliphatic carbocycles. The third kappa shape index (κ3) is 5.33. The summed E-state index contributed by atoms with van der Waals surface area (Å²) in [7, 11) is 5.88. The van der Waals surface area contributed by atoms with Crippen LogP contribution in [0.1, 0.15) is 32.2 Å². The number of ether oxygens (including phenoxy) is 1. The van der Waals surface area contributed by atoms with E-state index in [1.807, 2.05) is 20.8 Å². The smallest absolute Gasteiger partial charge is 0.179 e. The number of benzene rings is 1. The fourth-order valence-electron chi connectivity index (χ4n) is 1.49. The van der Waals surface area contributed by atoms with Gasteiger partial charge in [-0.2, -0.15) is 0 Å². The minimum absolute atomic E-state index is 0.319. The average molecular weight is 265 g/mol. The molecule has 0 saturated carbocycles. The van der Waals surface area contributed by atoms with E-state index in [2.05, 4.69) is 11.9 Å². The Kier molecular flexibility index (Phi) is 4.98. The monoisotopic (exact) mass is 265 g/mol. The van der Waals surface area contributed by atoms with Crippen molar-refractivity contribution in [2.45, 2.75) is 32.2 Å². The molecule has 1 unspecified atom stereocenters. The molecule has 0 heterocycles. The van der Waals surface area contributed by atoms with Crippen molar-refractivity contribution in [3.05, 3.63) is 47.9 Å². The van der Waals surface area contributed by atoms with E-state index in [0.717, 1.165) is 12.1 Å². The Labute approximate surface area is 114 Å². The van der Waals surface area contributed by atoms with Crippen LogP contribution < -0.4 is 5.32 Å². The molecule has 2 nitrogen and oxygen atoms in total. The van der Waals surface area contributed by atoms with Gasteiger partial charge < -0.3 is 10.1 Å². The Bertz CT molecular complexity index is 457. The van der Waals surface area contributed by atoms with Crippen molar-refractivity contribution in [2.24, 2.45) is 0 Å². The van der Waals surface area contributed by atoms with Gasteiger partial charge in [0.05, 0.1) is 7.85 Å². The van der Waals surface area contributed by atoms with Crippen molar-refractivity contribution in [3.63, 3.8) is 0 Å². The van der Waals surface area contributed by atoms with Crippen LogP contribution in [0, 0.1) is 11.6 Å². The van der Waals surface area contributed by atoms with Crippen molar-refractivity contribution in [3.8, 4) is 0 Å². The quantitative estimate of drug-likeness (QED) is 0.652. The molecule has 1 atom stereocenters. The predicted molar refractivity (Wildman–Crippen MR) is 72.8 cm³/mol. The van der Waals surface area contributed by atoms with E-state index in [1.165, 1.54) is 6.07 Å². The molecule has 0 fully saturated rings. The maximum Gasteiger partial charge on any atom is 0.179 e.